The number of nitro benzene ring substituents is 1. The molecule has 75 heavy (non-hydrogen) atoms. The topological polar surface area (TPSA) is 330 Å². The second kappa shape index (κ2) is 25.6. The third-order valence-corrected chi connectivity index (χ3v) is 15.1. The van der Waals surface area contributed by atoms with Crippen LogP contribution in [-0.2, 0) is 57.4 Å². The van der Waals surface area contributed by atoms with Crippen molar-refractivity contribution in [1.29, 1.82) is 0 Å². The standard InChI is InChI=1S/C52H70N6O17/c1-28-21-33(48(64)53-19-10-9-15-34-26-57(56-55-34)20-18-32-25-54-37-24-35(58(68)69)16-17-36(32)37)23-38(45(28)75-51-44(63)43(62)41(60)29(2)70-51)72-52-47(74-50(67)31-13-7-4-8-14-31)46(42(61)40(27-59)73-52)71-39(49(65)66)22-30-11-5-3-6-12-30/h4,7-8,13-14,16-17,24-26,28-30,33,38-47,51-52,54,59-63H,3,5-6,9-12,15,18-23,27H2,1-2H3,(H,53,64)(H,65,66)/t28-,29-,33+,38+,39-,40+,41+,42-,43+,44-,45+,46-,47+,51-,52+/m0/s1. The molecule has 8 rings (SSSR count). The number of rotatable bonds is 22. The zero-order chi connectivity index (χ0) is 53.3. The number of fused-ring (bicyclic) bond motifs is 1. The average Bonchev–Trinajstić information content (AvgIpc) is 4.05. The second-order valence-corrected chi connectivity index (χ2v) is 20.5. The van der Waals surface area contributed by atoms with Crippen molar-refractivity contribution in [1.82, 2.24) is 25.3 Å². The Balaban J connectivity index is 0.954. The number of hydrogen-bond acceptors (Lipinski definition) is 18. The number of carbonyl (C=O) groups is 3. The maximum Gasteiger partial charge on any atom is 0.338 e. The summed E-state index contributed by atoms with van der Waals surface area (Å²) in [5, 5.41) is 88.6. The molecule has 2 aliphatic heterocycles. The van der Waals surface area contributed by atoms with Gasteiger partial charge in [-0.05, 0) is 87.5 Å². The zero-order valence-corrected chi connectivity index (χ0v) is 42.1. The summed E-state index contributed by atoms with van der Waals surface area (Å²) in [6.45, 7) is 3.40. The highest BCUT2D eigenvalue weighted by Crippen LogP contribution is 2.39. The average molecular weight is 1050 g/mol. The lowest BCUT2D eigenvalue weighted by Crippen LogP contribution is -2.64. The van der Waals surface area contributed by atoms with Gasteiger partial charge < -0.3 is 69.4 Å². The van der Waals surface area contributed by atoms with Crippen molar-refractivity contribution < 1.29 is 78.4 Å². The summed E-state index contributed by atoms with van der Waals surface area (Å²) in [4.78, 5) is 54.6. The van der Waals surface area contributed by atoms with Crippen LogP contribution in [0.5, 0.6) is 0 Å². The van der Waals surface area contributed by atoms with Crippen LogP contribution in [-0.4, -0.2) is 166 Å². The Morgan fingerprint density at radius 3 is 2.41 bits per heavy atom. The summed E-state index contributed by atoms with van der Waals surface area (Å²) in [6.07, 6.45) is -7.67. The van der Waals surface area contributed by atoms with E-state index in [1.165, 1.54) is 31.2 Å². The first-order chi connectivity index (χ1) is 36.1. The van der Waals surface area contributed by atoms with Crippen LogP contribution in [0.1, 0.15) is 99.7 Å². The number of carboxylic acid groups (broad SMARTS) is 1. The van der Waals surface area contributed by atoms with E-state index in [0.29, 0.717) is 44.3 Å². The summed E-state index contributed by atoms with van der Waals surface area (Å²) in [7, 11) is 0. The molecule has 23 nitrogen and oxygen atoms in total. The number of non-ortho nitro benzene ring substituents is 1. The molecule has 23 heteroatoms. The third kappa shape index (κ3) is 13.7. The highest BCUT2D eigenvalue weighted by molar-refractivity contribution is 5.89. The van der Waals surface area contributed by atoms with Crippen molar-refractivity contribution in [2.24, 2.45) is 17.8 Å². The van der Waals surface area contributed by atoms with Gasteiger partial charge in [0.1, 0.15) is 36.6 Å². The number of nitrogens with one attached hydrogen (secondary N) is 2. The first kappa shape index (κ1) is 55.8. The van der Waals surface area contributed by atoms with Gasteiger partial charge in [0.2, 0.25) is 5.91 Å². The van der Waals surface area contributed by atoms with Crippen LogP contribution < -0.4 is 5.32 Å². The van der Waals surface area contributed by atoms with E-state index in [9.17, 15) is 55.1 Å². The molecule has 8 N–H and O–H groups in total. The fourth-order valence-electron chi connectivity index (χ4n) is 10.9. The quantitative estimate of drug-likeness (QED) is 0.0243. The molecule has 0 radical (unpaired) electrons. The number of aryl methyl sites for hydroxylation is 3. The number of carbonyl (C=O) groups excluding carboxylic acids is 2. The first-order valence-corrected chi connectivity index (χ1v) is 26.1. The maximum absolute atomic E-state index is 14.1. The molecule has 4 aliphatic rings. The number of aliphatic hydroxyl groups excluding tert-OH is 5. The van der Waals surface area contributed by atoms with Gasteiger partial charge in [0.15, 0.2) is 24.8 Å². The Labute approximate surface area is 432 Å². The van der Waals surface area contributed by atoms with Gasteiger partial charge >= 0.3 is 11.9 Å². The molecule has 2 aromatic heterocycles. The summed E-state index contributed by atoms with van der Waals surface area (Å²) in [5.41, 5.74) is 2.58. The van der Waals surface area contributed by atoms with E-state index >= 15 is 0 Å². The van der Waals surface area contributed by atoms with E-state index in [-0.39, 0.29) is 42.3 Å². The molecule has 0 unspecified atom stereocenters. The van der Waals surface area contributed by atoms with Gasteiger partial charge in [-0.25, -0.2) is 9.59 Å². The molecule has 4 aromatic rings. The van der Waals surface area contributed by atoms with Gasteiger partial charge in [0.25, 0.3) is 5.69 Å². The van der Waals surface area contributed by atoms with Crippen LogP contribution in [0, 0.1) is 27.9 Å². The Morgan fingerprint density at radius 1 is 0.907 bits per heavy atom. The van der Waals surface area contributed by atoms with Gasteiger partial charge in [-0.2, -0.15) is 0 Å². The molecule has 2 saturated carbocycles. The van der Waals surface area contributed by atoms with Gasteiger partial charge in [-0.1, -0.05) is 62.4 Å². The van der Waals surface area contributed by atoms with Crippen LogP contribution in [0.15, 0.2) is 60.9 Å². The number of aliphatic hydroxyl groups is 5. The monoisotopic (exact) mass is 1050 g/mol. The van der Waals surface area contributed by atoms with Crippen LogP contribution in [0.3, 0.4) is 0 Å². The number of ether oxygens (including phenoxy) is 6. The van der Waals surface area contributed by atoms with Gasteiger partial charge in [0.05, 0.1) is 46.6 Å². The molecular formula is C52H70N6O17. The van der Waals surface area contributed by atoms with Crippen molar-refractivity contribution in [2.75, 3.05) is 13.2 Å². The highest BCUT2D eigenvalue weighted by atomic mass is 16.7. The number of aromatic nitrogens is 4. The Kier molecular flexibility index (Phi) is 19.0. The lowest BCUT2D eigenvalue weighted by Gasteiger charge is -2.48. The molecule has 410 valence electrons. The molecule has 15 atom stereocenters. The fraction of sp³-hybridized carbons (Fsp3) is 0.635. The molecular weight excluding hydrogens is 981 g/mol. The van der Waals surface area contributed by atoms with Crippen LogP contribution in [0.4, 0.5) is 5.69 Å². The molecule has 2 aliphatic carbocycles. The van der Waals surface area contributed by atoms with Gasteiger partial charge in [-0.3, -0.25) is 19.6 Å². The second-order valence-electron chi connectivity index (χ2n) is 20.5. The lowest BCUT2D eigenvalue weighted by atomic mass is 9.77. The summed E-state index contributed by atoms with van der Waals surface area (Å²) in [5.74, 6) is -3.62. The minimum absolute atomic E-state index is 0.0110. The number of carboxylic acids is 1. The number of hydrogen-bond donors (Lipinski definition) is 8. The number of unbranched alkanes of at least 4 members (excludes halogenated alkanes) is 1. The van der Waals surface area contributed by atoms with Crippen LogP contribution >= 0.6 is 0 Å². The molecule has 2 aromatic carbocycles. The SMILES string of the molecule is C[C@@H]1O[C@@H](O[C@@H]2[C@@H](C)C[C@@H](C(=O)NCCCCc3cn(CCc4c[nH]c5cc([N+](=O)[O-])ccc45)nn3)C[C@H]2O[C@@H]2O[C@H](CO)[C@H](O)[C@H](O[C@@H](CC3CCCCC3)C(=O)O)[C@H]2OC(=O)c2ccccc2)[C@@H](O)[C@H](O)[C@@H]1O. The summed E-state index contributed by atoms with van der Waals surface area (Å²) < 4.78 is 39.2. The Bertz CT molecular complexity index is 2520. The van der Waals surface area contributed by atoms with E-state index in [0.717, 1.165) is 48.7 Å². The largest absolute Gasteiger partial charge is 0.479 e. The van der Waals surface area contributed by atoms with E-state index in [1.807, 2.05) is 12.4 Å². The van der Waals surface area contributed by atoms with Crippen molar-refractivity contribution >= 4 is 34.4 Å². The van der Waals surface area contributed by atoms with Gasteiger partial charge in [0, 0.05) is 48.9 Å². The smallest absolute Gasteiger partial charge is 0.338 e. The zero-order valence-electron chi connectivity index (χ0n) is 42.1. The number of nitro groups is 1. The van der Waals surface area contributed by atoms with E-state index in [2.05, 4.69) is 20.6 Å². The molecule has 4 fully saturated rings. The summed E-state index contributed by atoms with van der Waals surface area (Å²) in [6, 6.07) is 12.7. The Hall–Kier alpha value is -5.47. The normalized spacial score (nSPS) is 30.9. The first-order valence-electron chi connectivity index (χ1n) is 26.1. The van der Waals surface area contributed by atoms with Crippen molar-refractivity contribution in [3.63, 3.8) is 0 Å². The molecule has 0 spiro atoms. The third-order valence-electron chi connectivity index (χ3n) is 15.1. The molecule has 4 heterocycles. The van der Waals surface area contributed by atoms with Crippen LogP contribution in [0.2, 0.25) is 0 Å². The number of aliphatic carboxylic acids is 1. The number of amides is 1. The van der Waals surface area contributed by atoms with Crippen LogP contribution in [0.25, 0.3) is 10.9 Å². The minimum atomic E-state index is -1.70. The molecule has 1 amide bonds. The number of aromatic amines is 1. The predicted octanol–water partition coefficient (Wildman–Crippen LogP) is 3.11. The van der Waals surface area contributed by atoms with E-state index in [4.69, 9.17) is 28.4 Å². The fourth-order valence-corrected chi connectivity index (χ4v) is 10.9. The minimum Gasteiger partial charge on any atom is -0.479 e. The molecule has 0 bridgehead atoms. The van der Waals surface area contributed by atoms with E-state index < -0.39 is 115 Å². The highest BCUT2D eigenvalue weighted by Gasteiger charge is 2.54. The predicted molar refractivity (Wildman–Crippen MR) is 264 cm³/mol. The van der Waals surface area contributed by atoms with E-state index in [1.54, 1.807) is 35.9 Å². The lowest BCUT2D eigenvalue weighted by molar-refractivity contribution is -0.384. The van der Waals surface area contributed by atoms with Crippen molar-refractivity contribution in [3.05, 3.63) is 87.9 Å². The number of benzene rings is 2. The Morgan fingerprint density at radius 2 is 1.68 bits per heavy atom. The number of nitrogens with zero attached hydrogens (tertiary/aromatic N) is 4. The number of esters is 1. The molecule has 2 saturated heterocycles. The van der Waals surface area contributed by atoms with Gasteiger partial charge in [-0.15, -0.1) is 5.10 Å². The summed E-state index contributed by atoms with van der Waals surface area (Å²) >= 11 is 0. The van der Waals surface area contributed by atoms with Crippen molar-refractivity contribution in [2.45, 2.75) is 177 Å². The maximum atomic E-state index is 14.1. The number of H-pyrrole nitrogens is 1. The van der Waals surface area contributed by atoms with Crippen molar-refractivity contribution in [3.8, 4) is 0 Å².